The number of hydrogen-bond donors (Lipinski definition) is 0. The molecule has 0 aliphatic carbocycles. The molecule has 0 saturated heterocycles. The number of ether oxygens (including phenoxy) is 2. The zero-order valence-corrected chi connectivity index (χ0v) is 11.1. The van der Waals surface area contributed by atoms with Crippen LogP contribution in [0, 0.1) is 0 Å². The second kappa shape index (κ2) is 6.69. The molecule has 0 aliphatic rings. The van der Waals surface area contributed by atoms with Gasteiger partial charge in [0.1, 0.15) is 11.5 Å². The zero-order chi connectivity index (χ0) is 13.5. The second-order valence-corrected chi connectivity index (χ2v) is 3.85. The molecule has 0 heterocycles. The number of hydrogen-bond acceptors (Lipinski definition) is 3. The van der Waals surface area contributed by atoms with Crippen LogP contribution in [0.1, 0.15) is 12.8 Å². The van der Waals surface area contributed by atoms with Crippen LogP contribution in [0.3, 0.4) is 0 Å². The molecule has 1 amide bonds. The minimum Gasteiger partial charge on any atom is -0.497 e. The van der Waals surface area contributed by atoms with Crippen LogP contribution in [-0.4, -0.2) is 27.2 Å². The van der Waals surface area contributed by atoms with E-state index in [-0.39, 0.29) is 5.91 Å². The summed E-state index contributed by atoms with van der Waals surface area (Å²) in [7, 11) is 4.90. The van der Waals surface area contributed by atoms with Gasteiger partial charge >= 0.3 is 0 Å². The number of nitrogens with zero attached hydrogens (tertiary/aromatic N) is 1. The third kappa shape index (κ3) is 3.52. The van der Waals surface area contributed by atoms with Crippen molar-refractivity contribution in [3.05, 3.63) is 30.9 Å². The summed E-state index contributed by atoms with van der Waals surface area (Å²) in [4.78, 5) is 13.5. The van der Waals surface area contributed by atoms with E-state index in [0.717, 1.165) is 5.69 Å². The number of amides is 1. The Labute approximate surface area is 108 Å². The number of rotatable bonds is 6. The van der Waals surface area contributed by atoms with Crippen LogP contribution in [0.5, 0.6) is 11.5 Å². The fourth-order valence-corrected chi connectivity index (χ4v) is 1.52. The molecular weight excluding hydrogens is 230 g/mol. The lowest BCUT2D eigenvalue weighted by atomic mass is 10.2. The summed E-state index contributed by atoms with van der Waals surface area (Å²) in [5, 5.41) is 0. The highest BCUT2D eigenvalue weighted by molar-refractivity contribution is 5.93. The quantitative estimate of drug-likeness (QED) is 0.727. The number of carbonyl (C=O) groups is 1. The van der Waals surface area contributed by atoms with Gasteiger partial charge in [0, 0.05) is 31.7 Å². The molecule has 1 aromatic rings. The van der Waals surface area contributed by atoms with E-state index < -0.39 is 0 Å². The van der Waals surface area contributed by atoms with Gasteiger partial charge in [-0.25, -0.2) is 0 Å². The van der Waals surface area contributed by atoms with E-state index >= 15 is 0 Å². The van der Waals surface area contributed by atoms with Crippen molar-refractivity contribution in [2.24, 2.45) is 0 Å². The average Bonchev–Trinajstić information content (AvgIpc) is 2.43. The molecule has 0 aliphatic heterocycles. The molecule has 0 N–H and O–H groups in total. The Kier molecular flexibility index (Phi) is 5.24. The van der Waals surface area contributed by atoms with Gasteiger partial charge in [-0.1, -0.05) is 6.08 Å². The van der Waals surface area contributed by atoms with E-state index in [0.29, 0.717) is 24.3 Å². The molecule has 4 heteroatoms. The molecule has 1 aromatic carbocycles. The first-order valence-corrected chi connectivity index (χ1v) is 5.73. The molecule has 1 rings (SSSR count). The van der Waals surface area contributed by atoms with Gasteiger partial charge in [-0.15, -0.1) is 6.58 Å². The van der Waals surface area contributed by atoms with Crippen molar-refractivity contribution in [2.45, 2.75) is 12.8 Å². The first-order valence-electron chi connectivity index (χ1n) is 5.73. The van der Waals surface area contributed by atoms with Gasteiger partial charge in [-0.2, -0.15) is 0 Å². The minimum atomic E-state index is 0.0326. The van der Waals surface area contributed by atoms with Crippen molar-refractivity contribution in [1.82, 2.24) is 0 Å². The Morgan fingerprint density at radius 3 is 2.28 bits per heavy atom. The normalized spacial score (nSPS) is 9.72. The maximum atomic E-state index is 11.9. The summed E-state index contributed by atoms with van der Waals surface area (Å²) in [6, 6.07) is 5.37. The molecule has 0 saturated carbocycles. The van der Waals surface area contributed by atoms with Gasteiger partial charge in [0.25, 0.3) is 0 Å². The third-order valence-corrected chi connectivity index (χ3v) is 2.66. The molecule has 98 valence electrons. The van der Waals surface area contributed by atoms with Gasteiger partial charge in [0.15, 0.2) is 0 Å². The third-order valence-electron chi connectivity index (χ3n) is 2.66. The molecule has 0 aromatic heterocycles. The Morgan fingerprint density at radius 1 is 1.28 bits per heavy atom. The standard InChI is InChI=1S/C14H19NO3/c1-5-6-7-14(16)15(2)11-8-12(17-3)10-13(9-11)18-4/h5,8-10H,1,6-7H2,2-4H3. The van der Waals surface area contributed by atoms with E-state index in [1.807, 2.05) is 0 Å². The van der Waals surface area contributed by atoms with Crippen molar-refractivity contribution in [3.63, 3.8) is 0 Å². The molecule has 0 radical (unpaired) electrons. The predicted octanol–water partition coefficient (Wildman–Crippen LogP) is 2.63. The van der Waals surface area contributed by atoms with Crippen molar-refractivity contribution < 1.29 is 14.3 Å². The second-order valence-electron chi connectivity index (χ2n) is 3.85. The van der Waals surface area contributed by atoms with Crippen LogP contribution < -0.4 is 14.4 Å². The average molecular weight is 249 g/mol. The Bertz CT molecular complexity index is 407. The summed E-state index contributed by atoms with van der Waals surface area (Å²) < 4.78 is 10.3. The zero-order valence-electron chi connectivity index (χ0n) is 11.1. The number of benzene rings is 1. The van der Waals surface area contributed by atoms with Crippen LogP contribution in [0.15, 0.2) is 30.9 Å². The monoisotopic (exact) mass is 249 g/mol. The number of anilines is 1. The molecule has 0 fully saturated rings. The van der Waals surface area contributed by atoms with Crippen LogP contribution in [0.4, 0.5) is 5.69 Å². The molecule has 0 spiro atoms. The minimum absolute atomic E-state index is 0.0326. The highest BCUT2D eigenvalue weighted by Gasteiger charge is 2.12. The lowest BCUT2D eigenvalue weighted by Crippen LogP contribution is -2.25. The fourth-order valence-electron chi connectivity index (χ4n) is 1.52. The van der Waals surface area contributed by atoms with Crippen molar-refractivity contribution in [3.8, 4) is 11.5 Å². The maximum Gasteiger partial charge on any atom is 0.227 e. The molecule has 4 nitrogen and oxygen atoms in total. The number of methoxy groups -OCH3 is 2. The van der Waals surface area contributed by atoms with Crippen LogP contribution >= 0.6 is 0 Å². The molecular formula is C14H19NO3. The Balaban J connectivity index is 2.93. The predicted molar refractivity (Wildman–Crippen MR) is 72.4 cm³/mol. The topological polar surface area (TPSA) is 38.8 Å². The van der Waals surface area contributed by atoms with Gasteiger partial charge in [-0.3, -0.25) is 4.79 Å². The molecule has 18 heavy (non-hydrogen) atoms. The smallest absolute Gasteiger partial charge is 0.227 e. The van der Waals surface area contributed by atoms with Crippen molar-refractivity contribution in [2.75, 3.05) is 26.2 Å². The van der Waals surface area contributed by atoms with Crippen molar-refractivity contribution >= 4 is 11.6 Å². The fraction of sp³-hybridized carbons (Fsp3) is 0.357. The van der Waals surface area contributed by atoms with E-state index in [1.54, 1.807) is 50.4 Å². The van der Waals surface area contributed by atoms with Gasteiger partial charge in [0.2, 0.25) is 5.91 Å². The molecule has 0 atom stereocenters. The van der Waals surface area contributed by atoms with E-state index in [2.05, 4.69) is 6.58 Å². The Hall–Kier alpha value is -1.97. The SMILES string of the molecule is C=CCCC(=O)N(C)c1cc(OC)cc(OC)c1. The van der Waals surface area contributed by atoms with Crippen molar-refractivity contribution in [1.29, 1.82) is 0 Å². The summed E-state index contributed by atoms with van der Waals surface area (Å²) in [5.41, 5.74) is 0.750. The van der Waals surface area contributed by atoms with Gasteiger partial charge in [-0.05, 0) is 6.42 Å². The van der Waals surface area contributed by atoms with E-state index in [9.17, 15) is 4.79 Å². The highest BCUT2D eigenvalue weighted by atomic mass is 16.5. The van der Waals surface area contributed by atoms with Crippen LogP contribution in [-0.2, 0) is 4.79 Å². The first kappa shape index (κ1) is 14.1. The number of allylic oxidation sites excluding steroid dienone is 1. The van der Waals surface area contributed by atoms with E-state index in [1.165, 1.54) is 0 Å². The van der Waals surface area contributed by atoms with Gasteiger partial charge < -0.3 is 14.4 Å². The maximum absolute atomic E-state index is 11.9. The lowest BCUT2D eigenvalue weighted by molar-refractivity contribution is -0.118. The highest BCUT2D eigenvalue weighted by Crippen LogP contribution is 2.28. The van der Waals surface area contributed by atoms with E-state index in [4.69, 9.17) is 9.47 Å². The van der Waals surface area contributed by atoms with Crippen LogP contribution in [0.2, 0.25) is 0 Å². The molecule has 0 unspecified atom stereocenters. The summed E-state index contributed by atoms with van der Waals surface area (Å²) in [5.74, 6) is 1.35. The summed E-state index contributed by atoms with van der Waals surface area (Å²) >= 11 is 0. The Morgan fingerprint density at radius 2 is 1.83 bits per heavy atom. The van der Waals surface area contributed by atoms with Crippen LogP contribution in [0.25, 0.3) is 0 Å². The summed E-state index contributed by atoms with van der Waals surface area (Å²) in [6.45, 7) is 3.61. The largest absolute Gasteiger partial charge is 0.497 e. The lowest BCUT2D eigenvalue weighted by Gasteiger charge is -2.18. The molecule has 0 bridgehead atoms. The number of carbonyl (C=O) groups excluding carboxylic acids is 1. The summed E-state index contributed by atoms with van der Waals surface area (Å²) in [6.07, 6.45) is 2.85. The van der Waals surface area contributed by atoms with Gasteiger partial charge in [0.05, 0.1) is 19.9 Å². The first-order chi connectivity index (χ1) is 8.62.